The minimum Gasteiger partial charge on any atom is -0.277 e. The molecule has 1 amide bonds. The molecule has 0 rings (SSSR count). The van der Waals surface area contributed by atoms with Crippen LogP contribution >= 0.6 is 0 Å². The highest BCUT2D eigenvalue weighted by molar-refractivity contribution is 7.86. The van der Waals surface area contributed by atoms with Crippen molar-refractivity contribution in [2.24, 2.45) is 0 Å². The first-order chi connectivity index (χ1) is 4.62. The molecule has 0 aliphatic heterocycles. The van der Waals surface area contributed by atoms with Gasteiger partial charge in [-0.2, -0.15) is 8.42 Å². The Labute approximate surface area is 59.4 Å². The van der Waals surface area contributed by atoms with E-state index in [1.165, 1.54) is 0 Å². The largest absolute Gasteiger partial charge is 0.287 e. The molecule has 10 heavy (non-hydrogen) atoms. The maximum Gasteiger partial charge on any atom is 0.287 e. The molecule has 0 heterocycles. The SMILES string of the molecule is CCCS(=O)(=O)ONC=O. The van der Waals surface area contributed by atoms with Crippen LogP contribution in [0.15, 0.2) is 0 Å². The van der Waals surface area contributed by atoms with Gasteiger partial charge in [0.1, 0.15) is 0 Å². The average molecular weight is 167 g/mol. The van der Waals surface area contributed by atoms with Gasteiger partial charge in [-0.05, 0) is 6.42 Å². The van der Waals surface area contributed by atoms with Crippen LogP contribution in [0.4, 0.5) is 0 Å². The molecule has 0 radical (unpaired) electrons. The van der Waals surface area contributed by atoms with Crippen LogP contribution in [0.3, 0.4) is 0 Å². The Morgan fingerprint density at radius 1 is 1.60 bits per heavy atom. The predicted octanol–water partition coefficient (Wildman–Crippen LogP) is -0.596. The van der Waals surface area contributed by atoms with Crippen LogP contribution in [-0.2, 0) is 19.2 Å². The molecule has 0 bridgehead atoms. The lowest BCUT2D eigenvalue weighted by atomic mass is 10.6. The molecular formula is C4H9NO4S. The summed E-state index contributed by atoms with van der Waals surface area (Å²) in [6.45, 7) is 1.70. The second-order valence-corrected chi connectivity index (χ2v) is 3.27. The van der Waals surface area contributed by atoms with Crippen LogP contribution in [-0.4, -0.2) is 20.6 Å². The molecule has 0 spiro atoms. The molecule has 1 N–H and O–H groups in total. The Morgan fingerprint density at radius 3 is 2.60 bits per heavy atom. The number of hydrogen-bond acceptors (Lipinski definition) is 4. The van der Waals surface area contributed by atoms with E-state index in [0.29, 0.717) is 6.42 Å². The monoisotopic (exact) mass is 167 g/mol. The minimum absolute atomic E-state index is 0.0894. The zero-order valence-electron chi connectivity index (χ0n) is 5.53. The van der Waals surface area contributed by atoms with E-state index in [9.17, 15) is 13.2 Å². The fourth-order valence-corrected chi connectivity index (χ4v) is 1.15. The van der Waals surface area contributed by atoms with E-state index in [4.69, 9.17) is 0 Å². The Hall–Kier alpha value is -0.620. The third-order valence-electron chi connectivity index (χ3n) is 0.677. The van der Waals surface area contributed by atoms with E-state index < -0.39 is 10.1 Å². The van der Waals surface area contributed by atoms with Crippen molar-refractivity contribution in [3.05, 3.63) is 0 Å². The van der Waals surface area contributed by atoms with E-state index in [2.05, 4.69) is 4.28 Å². The van der Waals surface area contributed by atoms with E-state index >= 15 is 0 Å². The molecule has 0 saturated carbocycles. The van der Waals surface area contributed by atoms with E-state index in [1.54, 1.807) is 12.4 Å². The van der Waals surface area contributed by atoms with Gasteiger partial charge in [-0.15, -0.1) is 4.28 Å². The molecule has 0 aromatic rings. The lowest BCUT2D eigenvalue weighted by Crippen LogP contribution is -2.20. The summed E-state index contributed by atoms with van der Waals surface area (Å²) in [5.74, 6) is -0.0894. The maximum atomic E-state index is 10.5. The standard InChI is InChI=1S/C4H9NO4S/c1-2-3-10(7,8)9-5-4-6/h4H,2-3H2,1H3,(H,5,6). The topological polar surface area (TPSA) is 72.5 Å². The number of hydroxylamine groups is 1. The molecule has 0 atom stereocenters. The first-order valence-electron chi connectivity index (χ1n) is 2.72. The highest BCUT2D eigenvalue weighted by Gasteiger charge is 2.07. The van der Waals surface area contributed by atoms with Crippen molar-refractivity contribution in [1.29, 1.82) is 0 Å². The number of nitrogens with one attached hydrogen (secondary N) is 1. The van der Waals surface area contributed by atoms with Gasteiger partial charge in [0.05, 0.1) is 5.75 Å². The first kappa shape index (κ1) is 9.38. The van der Waals surface area contributed by atoms with Gasteiger partial charge in [0.25, 0.3) is 10.1 Å². The van der Waals surface area contributed by atoms with Crippen molar-refractivity contribution in [3.8, 4) is 0 Å². The van der Waals surface area contributed by atoms with Crippen LogP contribution in [0.2, 0.25) is 0 Å². The molecule has 60 valence electrons. The number of hydrogen-bond donors (Lipinski definition) is 1. The third-order valence-corrected chi connectivity index (χ3v) is 1.94. The van der Waals surface area contributed by atoms with Gasteiger partial charge >= 0.3 is 0 Å². The predicted molar refractivity (Wildman–Crippen MR) is 34.4 cm³/mol. The normalized spacial score (nSPS) is 10.9. The molecule has 0 fully saturated rings. The van der Waals surface area contributed by atoms with Gasteiger partial charge in [-0.3, -0.25) is 4.79 Å². The highest BCUT2D eigenvalue weighted by Crippen LogP contribution is 1.91. The van der Waals surface area contributed by atoms with Crippen LogP contribution in [0.1, 0.15) is 13.3 Å². The molecule has 0 unspecified atom stereocenters. The van der Waals surface area contributed by atoms with Gasteiger partial charge in [0.2, 0.25) is 6.41 Å². The highest BCUT2D eigenvalue weighted by atomic mass is 32.2. The van der Waals surface area contributed by atoms with Crippen molar-refractivity contribution >= 4 is 16.5 Å². The molecular weight excluding hydrogens is 158 g/mol. The number of carbonyl (C=O) groups is 1. The summed E-state index contributed by atoms with van der Waals surface area (Å²) in [7, 11) is -3.54. The minimum atomic E-state index is -3.54. The van der Waals surface area contributed by atoms with E-state index in [-0.39, 0.29) is 12.2 Å². The fraction of sp³-hybridized carbons (Fsp3) is 0.750. The van der Waals surface area contributed by atoms with Crippen molar-refractivity contribution in [1.82, 2.24) is 5.48 Å². The molecule has 0 aromatic heterocycles. The maximum absolute atomic E-state index is 10.5. The smallest absolute Gasteiger partial charge is 0.277 e. The van der Waals surface area contributed by atoms with Crippen LogP contribution in [0, 0.1) is 0 Å². The summed E-state index contributed by atoms with van der Waals surface area (Å²) in [4.78, 5) is 9.56. The third kappa shape index (κ3) is 4.28. The molecule has 5 nitrogen and oxygen atoms in total. The zero-order chi connectivity index (χ0) is 8.04. The van der Waals surface area contributed by atoms with Gasteiger partial charge in [0, 0.05) is 0 Å². The molecule has 0 saturated heterocycles. The Bertz CT molecular complexity index is 185. The number of rotatable bonds is 5. The second-order valence-electron chi connectivity index (χ2n) is 1.58. The van der Waals surface area contributed by atoms with Crippen molar-refractivity contribution < 1.29 is 17.5 Å². The summed E-state index contributed by atoms with van der Waals surface area (Å²) >= 11 is 0. The van der Waals surface area contributed by atoms with Crippen LogP contribution in [0.5, 0.6) is 0 Å². The van der Waals surface area contributed by atoms with Gasteiger partial charge in [0.15, 0.2) is 0 Å². The summed E-state index contributed by atoms with van der Waals surface area (Å²) < 4.78 is 25.1. The van der Waals surface area contributed by atoms with Crippen LogP contribution in [0.25, 0.3) is 0 Å². The molecule has 0 aromatic carbocycles. The first-order valence-corrected chi connectivity index (χ1v) is 4.30. The van der Waals surface area contributed by atoms with Crippen LogP contribution < -0.4 is 5.48 Å². The fourth-order valence-electron chi connectivity index (χ4n) is 0.385. The van der Waals surface area contributed by atoms with Gasteiger partial charge < -0.3 is 0 Å². The molecule has 0 aliphatic rings. The summed E-state index contributed by atoms with van der Waals surface area (Å²) in [5, 5.41) is 0. The number of carbonyl (C=O) groups excluding carboxylic acids is 1. The van der Waals surface area contributed by atoms with Gasteiger partial charge in [-0.1, -0.05) is 6.92 Å². The van der Waals surface area contributed by atoms with Gasteiger partial charge in [-0.25, -0.2) is 5.48 Å². The Kier molecular flexibility index (Phi) is 3.97. The Morgan fingerprint density at radius 2 is 2.20 bits per heavy atom. The number of amides is 1. The zero-order valence-corrected chi connectivity index (χ0v) is 6.35. The lowest BCUT2D eigenvalue weighted by Gasteiger charge is -1.98. The lowest BCUT2D eigenvalue weighted by molar-refractivity contribution is -0.115. The molecule has 6 heteroatoms. The van der Waals surface area contributed by atoms with Crippen molar-refractivity contribution in [3.63, 3.8) is 0 Å². The Balaban J connectivity index is 3.76. The van der Waals surface area contributed by atoms with Crippen molar-refractivity contribution in [2.75, 3.05) is 5.75 Å². The average Bonchev–Trinajstić information content (AvgIpc) is 1.84. The molecule has 0 aliphatic carbocycles. The summed E-state index contributed by atoms with van der Waals surface area (Å²) in [5.41, 5.74) is 1.60. The second kappa shape index (κ2) is 4.24. The quantitative estimate of drug-likeness (QED) is 0.438. The summed E-state index contributed by atoms with van der Waals surface area (Å²) in [6.07, 6.45) is 0.621. The van der Waals surface area contributed by atoms with E-state index in [1.807, 2.05) is 0 Å². The summed E-state index contributed by atoms with van der Waals surface area (Å²) in [6, 6.07) is 0. The van der Waals surface area contributed by atoms with E-state index in [0.717, 1.165) is 0 Å². The van der Waals surface area contributed by atoms with Crippen molar-refractivity contribution in [2.45, 2.75) is 13.3 Å².